The van der Waals surface area contributed by atoms with E-state index in [-0.39, 0.29) is 49.1 Å². The van der Waals surface area contributed by atoms with Gasteiger partial charge in [0.05, 0.1) is 18.0 Å². The third kappa shape index (κ3) is 6.80. The molecule has 230 valence electrons. The Hall–Kier alpha value is -4.58. The summed E-state index contributed by atoms with van der Waals surface area (Å²) >= 11 is 0. The van der Waals surface area contributed by atoms with Gasteiger partial charge in [-0.25, -0.2) is 22.8 Å². The highest BCUT2D eigenvalue weighted by Crippen LogP contribution is 2.33. The van der Waals surface area contributed by atoms with Crippen LogP contribution in [0.25, 0.3) is 11.3 Å². The van der Waals surface area contributed by atoms with Gasteiger partial charge in [0.2, 0.25) is 27.7 Å². The van der Waals surface area contributed by atoms with E-state index in [9.17, 15) is 22.4 Å². The molecule has 10 nitrogen and oxygen atoms in total. The first-order valence-electron chi connectivity index (χ1n) is 14.1. The van der Waals surface area contributed by atoms with Crippen LogP contribution in [0.4, 0.5) is 10.1 Å². The number of sulfone groups is 1. The number of nitrogens with zero attached hydrogens (tertiary/aromatic N) is 4. The summed E-state index contributed by atoms with van der Waals surface area (Å²) in [6, 6.07) is 16.9. The topological polar surface area (TPSA) is 121 Å². The number of carbonyl (C=O) groups is 1. The molecule has 0 aliphatic carbocycles. The number of hydrogen-bond acceptors (Lipinski definition) is 8. The van der Waals surface area contributed by atoms with Crippen LogP contribution in [-0.4, -0.2) is 46.9 Å². The first-order valence-corrected chi connectivity index (χ1v) is 15.7. The SMILES string of the molecule is Cc1cc(-c2cc(F)c(=O)n(Cc3ccc4c(c3)OCO4)c2)nc(S(=O)(=O)CCCC(=O)N(c2ccccc2)C(C)(C)C)n1. The molecule has 0 bridgehead atoms. The van der Waals surface area contributed by atoms with Gasteiger partial charge >= 0.3 is 0 Å². The highest BCUT2D eigenvalue weighted by molar-refractivity contribution is 7.91. The van der Waals surface area contributed by atoms with Crippen LogP contribution in [0.3, 0.4) is 0 Å². The first kappa shape index (κ1) is 30.9. The summed E-state index contributed by atoms with van der Waals surface area (Å²) in [6.45, 7) is 7.49. The van der Waals surface area contributed by atoms with E-state index in [4.69, 9.17) is 9.47 Å². The van der Waals surface area contributed by atoms with Crippen LogP contribution >= 0.6 is 0 Å². The molecule has 12 heteroatoms. The molecule has 0 fully saturated rings. The molecule has 3 heterocycles. The Bertz CT molecular complexity index is 1870. The minimum absolute atomic E-state index is 0.0000983. The lowest BCUT2D eigenvalue weighted by Crippen LogP contribution is -2.46. The van der Waals surface area contributed by atoms with Crippen molar-refractivity contribution in [3.63, 3.8) is 0 Å². The number of halogens is 1. The van der Waals surface area contributed by atoms with Gasteiger partial charge in [0.25, 0.3) is 5.56 Å². The van der Waals surface area contributed by atoms with E-state index in [2.05, 4.69) is 9.97 Å². The molecule has 1 amide bonds. The fraction of sp³-hybridized carbons (Fsp3) is 0.312. The number of rotatable bonds is 9. The summed E-state index contributed by atoms with van der Waals surface area (Å²) in [5.41, 5.74) is 0.766. The predicted octanol–water partition coefficient (Wildman–Crippen LogP) is 4.92. The molecule has 5 rings (SSSR count). The molecule has 0 unspecified atom stereocenters. The van der Waals surface area contributed by atoms with Gasteiger partial charge in [-0.1, -0.05) is 24.3 Å². The molecule has 2 aromatic heterocycles. The number of pyridine rings is 1. The van der Waals surface area contributed by atoms with Crippen molar-refractivity contribution in [2.24, 2.45) is 0 Å². The number of carbonyl (C=O) groups excluding carboxylic acids is 1. The monoisotopic (exact) mass is 620 g/mol. The van der Waals surface area contributed by atoms with Crippen LogP contribution in [0.1, 0.15) is 44.9 Å². The molecule has 44 heavy (non-hydrogen) atoms. The average molecular weight is 621 g/mol. The highest BCUT2D eigenvalue weighted by Gasteiger charge is 2.28. The number of aromatic nitrogens is 3. The zero-order chi connectivity index (χ0) is 31.6. The van der Waals surface area contributed by atoms with Gasteiger partial charge in [-0.15, -0.1) is 0 Å². The number of aryl methyl sites for hydroxylation is 1. The number of benzene rings is 2. The van der Waals surface area contributed by atoms with Crippen molar-refractivity contribution >= 4 is 21.4 Å². The fourth-order valence-electron chi connectivity index (χ4n) is 5.02. The third-order valence-electron chi connectivity index (χ3n) is 6.98. The van der Waals surface area contributed by atoms with Crippen molar-refractivity contribution in [2.45, 2.75) is 57.8 Å². The smallest absolute Gasteiger partial charge is 0.286 e. The van der Waals surface area contributed by atoms with E-state index in [1.54, 1.807) is 30.0 Å². The van der Waals surface area contributed by atoms with Gasteiger partial charge < -0.3 is 18.9 Å². The second-order valence-electron chi connectivity index (χ2n) is 11.5. The summed E-state index contributed by atoms with van der Waals surface area (Å²) in [7, 11) is -4.00. The van der Waals surface area contributed by atoms with Gasteiger partial charge in [0, 0.05) is 35.1 Å². The van der Waals surface area contributed by atoms with Crippen LogP contribution < -0.4 is 19.9 Å². The number of hydrogen-bond donors (Lipinski definition) is 0. The van der Waals surface area contributed by atoms with Crippen LogP contribution in [0.5, 0.6) is 11.5 Å². The number of para-hydroxylation sites is 1. The van der Waals surface area contributed by atoms with Crippen molar-refractivity contribution in [2.75, 3.05) is 17.4 Å². The Morgan fingerprint density at radius 1 is 1.02 bits per heavy atom. The molecule has 0 saturated heterocycles. The maximum atomic E-state index is 14.8. The zero-order valence-electron chi connectivity index (χ0n) is 24.9. The molecule has 2 aromatic carbocycles. The van der Waals surface area contributed by atoms with E-state index < -0.39 is 31.9 Å². The van der Waals surface area contributed by atoms with Crippen molar-refractivity contribution in [1.82, 2.24) is 14.5 Å². The molecule has 1 aliphatic heterocycles. The summed E-state index contributed by atoms with van der Waals surface area (Å²) in [5.74, 6) is -0.458. The van der Waals surface area contributed by atoms with Gasteiger partial charge in [-0.05, 0) is 76.1 Å². The van der Waals surface area contributed by atoms with E-state index in [0.717, 1.165) is 11.8 Å². The van der Waals surface area contributed by atoms with Crippen LogP contribution in [-0.2, 0) is 21.2 Å². The summed E-state index contributed by atoms with van der Waals surface area (Å²) in [4.78, 5) is 35.9. The van der Waals surface area contributed by atoms with Crippen molar-refractivity contribution in [3.05, 3.63) is 94.3 Å². The van der Waals surface area contributed by atoms with Crippen LogP contribution in [0, 0.1) is 12.7 Å². The maximum Gasteiger partial charge on any atom is 0.286 e. The van der Waals surface area contributed by atoms with Crippen LogP contribution in [0.2, 0.25) is 0 Å². The normalized spacial score (nSPS) is 12.8. The lowest BCUT2D eigenvalue weighted by Gasteiger charge is -2.36. The molecule has 0 radical (unpaired) electrons. The Morgan fingerprint density at radius 2 is 1.75 bits per heavy atom. The molecule has 0 saturated carbocycles. The lowest BCUT2D eigenvalue weighted by molar-refractivity contribution is -0.119. The van der Waals surface area contributed by atoms with Crippen molar-refractivity contribution in [3.8, 4) is 22.8 Å². The highest BCUT2D eigenvalue weighted by atomic mass is 32.2. The van der Waals surface area contributed by atoms with E-state index in [1.807, 2.05) is 51.1 Å². The molecule has 0 spiro atoms. The van der Waals surface area contributed by atoms with Gasteiger partial charge in [-0.2, -0.15) is 0 Å². The van der Waals surface area contributed by atoms with E-state index >= 15 is 0 Å². The van der Waals surface area contributed by atoms with E-state index in [0.29, 0.717) is 22.8 Å². The average Bonchev–Trinajstić information content (AvgIpc) is 3.43. The van der Waals surface area contributed by atoms with Crippen molar-refractivity contribution in [1.29, 1.82) is 0 Å². The predicted molar refractivity (Wildman–Crippen MR) is 163 cm³/mol. The third-order valence-corrected chi connectivity index (χ3v) is 8.54. The summed E-state index contributed by atoms with van der Waals surface area (Å²) in [6.07, 6.45) is 1.49. The molecule has 1 aliphatic rings. The number of amides is 1. The van der Waals surface area contributed by atoms with Gasteiger partial charge in [0.15, 0.2) is 17.3 Å². The summed E-state index contributed by atoms with van der Waals surface area (Å²) in [5, 5.41) is -0.426. The Balaban J connectivity index is 1.35. The Kier molecular flexibility index (Phi) is 8.55. The zero-order valence-corrected chi connectivity index (χ0v) is 25.7. The quantitative estimate of drug-likeness (QED) is 0.242. The second kappa shape index (κ2) is 12.2. The molecule has 0 N–H and O–H groups in total. The summed E-state index contributed by atoms with van der Waals surface area (Å²) < 4.78 is 53.3. The number of fused-ring (bicyclic) bond motifs is 1. The lowest BCUT2D eigenvalue weighted by atomic mass is 10.0. The van der Waals surface area contributed by atoms with Gasteiger partial charge in [-0.3, -0.25) is 9.59 Å². The molecular formula is C32H33FN4O6S. The number of ether oxygens (including phenoxy) is 2. The largest absolute Gasteiger partial charge is 0.454 e. The molecule has 0 atom stereocenters. The number of anilines is 1. The molecule has 4 aromatic rings. The van der Waals surface area contributed by atoms with Crippen molar-refractivity contribution < 1.29 is 27.1 Å². The maximum absolute atomic E-state index is 14.8. The van der Waals surface area contributed by atoms with Gasteiger partial charge in [0.1, 0.15) is 0 Å². The Labute approximate surface area is 255 Å². The minimum Gasteiger partial charge on any atom is -0.454 e. The molecular weight excluding hydrogens is 587 g/mol. The Morgan fingerprint density at radius 3 is 2.48 bits per heavy atom. The standard InChI is InChI=1S/C32H33FN4O6S/c1-21-15-26(23-17-25(33)30(39)36(19-23)18-22-12-13-27-28(16-22)43-20-42-27)35-31(34-21)44(40,41)14-8-11-29(38)37(32(2,3)4)24-9-6-5-7-10-24/h5-7,9-10,12-13,15-17,19H,8,11,14,18,20H2,1-4H3. The van der Waals surface area contributed by atoms with Crippen LogP contribution in [0.15, 0.2) is 76.8 Å². The second-order valence-corrected chi connectivity index (χ2v) is 13.5. The first-order chi connectivity index (χ1) is 20.8. The minimum atomic E-state index is -4.00. The van der Waals surface area contributed by atoms with E-state index in [1.165, 1.54) is 16.8 Å². The fourth-order valence-corrected chi connectivity index (χ4v) is 6.25.